The molecule has 0 amide bonds. The Hall–Kier alpha value is -3.96. The van der Waals surface area contributed by atoms with Crippen molar-refractivity contribution >= 4 is 49.4 Å². The highest BCUT2D eigenvalue weighted by Gasteiger charge is 2.21. The smallest absolute Gasteiger partial charge is 0.343 e. The molecular weight excluding hydrogens is 480 g/mol. The first-order valence-corrected chi connectivity index (χ1v) is 11.1. The molecule has 0 aromatic heterocycles. The second-order valence-electron chi connectivity index (χ2n) is 7.40. The zero-order valence-corrected chi connectivity index (χ0v) is 18.9. The third-order valence-electron chi connectivity index (χ3n) is 5.30. The maximum atomic E-state index is 12.9. The molecule has 5 rings (SSSR count). The van der Waals surface area contributed by atoms with Crippen LogP contribution in [0.3, 0.4) is 0 Å². The summed E-state index contributed by atoms with van der Waals surface area (Å²) in [6.45, 7) is 0. The number of fused-ring (bicyclic) bond motifs is 2. The van der Waals surface area contributed by atoms with Gasteiger partial charge in [-0.05, 0) is 42.5 Å². The summed E-state index contributed by atoms with van der Waals surface area (Å²) in [5.74, 6) is -0.0909. The zero-order valence-electron chi connectivity index (χ0n) is 17.3. The topological polar surface area (TPSA) is 52.6 Å². The maximum absolute atomic E-state index is 12.9. The minimum Gasteiger partial charge on any atom is -0.422 e. The van der Waals surface area contributed by atoms with Crippen molar-refractivity contribution in [3.63, 3.8) is 0 Å². The van der Waals surface area contributed by atoms with E-state index in [9.17, 15) is 9.59 Å². The van der Waals surface area contributed by atoms with Crippen LogP contribution in [-0.4, -0.2) is 11.9 Å². The van der Waals surface area contributed by atoms with Crippen molar-refractivity contribution in [2.45, 2.75) is 0 Å². The largest absolute Gasteiger partial charge is 0.422 e. The van der Waals surface area contributed by atoms with Gasteiger partial charge in [0.1, 0.15) is 11.5 Å². The second-order valence-corrected chi connectivity index (χ2v) is 8.32. The van der Waals surface area contributed by atoms with Gasteiger partial charge in [-0.15, -0.1) is 0 Å². The average Bonchev–Trinajstić information content (AvgIpc) is 2.86. The fourth-order valence-electron chi connectivity index (χ4n) is 3.74. The first kappa shape index (κ1) is 20.9. The summed E-state index contributed by atoms with van der Waals surface area (Å²) in [7, 11) is 0. The van der Waals surface area contributed by atoms with Crippen LogP contribution < -0.4 is 9.47 Å². The highest BCUT2D eigenvalue weighted by atomic mass is 79.9. The Morgan fingerprint density at radius 3 is 1.45 bits per heavy atom. The highest BCUT2D eigenvalue weighted by Crippen LogP contribution is 2.44. The van der Waals surface area contributed by atoms with Gasteiger partial charge in [-0.2, -0.15) is 0 Å². The molecule has 5 heteroatoms. The van der Waals surface area contributed by atoms with Gasteiger partial charge in [0.25, 0.3) is 0 Å². The molecule has 0 aliphatic rings. The summed E-state index contributed by atoms with van der Waals surface area (Å²) in [6, 6.07) is 30.6. The Bertz CT molecular complexity index is 1490. The molecule has 0 bridgehead atoms. The molecule has 4 nitrogen and oxygen atoms in total. The molecule has 0 spiro atoms. The lowest BCUT2D eigenvalue weighted by molar-refractivity contribution is 0.0726. The number of carbonyl (C=O) groups is 2. The van der Waals surface area contributed by atoms with Gasteiger partial charge in [0.05, 0.1) is 11.1 Å². The third kappa shape index (κ3) is 4.11. The molecule has 0 atom stereocenters. The van der Waals surface area contributed by atoms with E-state index in [1.807, 2.05) is 54.6 Å². The molecular formula is C28H17BrO4. The Labute approximate surface area is 198 Å². The lowest BCUT2D eigenvalue weighted by Gasteiger charge is -2.17. The van der Waals surface area contributed by atoms with Crippen LogP contribution in [0.5, 0.6) is 11.5 Å². The molecule has 0 N–H and O–H groups in total. The Morgan fingerprint density at radius 2 is 0.939 bits per heavy atom. The predicted molar refractivity (Wildman–Crippen MR) is 132 cm³/mol. The summed E-state index contributed by atoms with van der Waals surface area (Å²) in [5, 5.41) is 2.66. The van der Waals surface area contributed by atoms with E-state index in [2.05, 4.69) is 15.9 Å². The van der Waals surface area contributed by atoms with Crippen molar-refractivity contribution in [1.29, 1.82) is 0 Å². The van der Waals surface area contributed by atoms with E-state index >= 15 is 0 Å². The van der Waals surface area contributed by atoms with E-state index in [4.69, 9.17) is 9.47 Å². The van der Waals surface area contributed by atoms with Crippen molar-refractivity contribution < 1.29 is 19.1 Å². The summed E-state index contributed by atoms with van der Waals surface area (Å²) in [6.07, 6.45) is 0. The fraction of sp³-hybridized carbons (Fsp3) is 0. The molecule has 0 saturated carbocycles. The van der Waals surface area contributed by atoms with Gasteiger partial charge in [0, 0.05) is 26.0 Å². The average molecular weight is 497 g/mol. The molecule has 0 unspecified atom stereocenters. The number of esters is 2. The Kier molecular flexibility index (Phi) is 5.63. The van der Waals surface area contributed by atoms with Crippen LogP contribution in [0.15, 0.2) is 108 Å². The summed E-state index contributed by atoms with van der Waals surface area (Å²) in [5.41, 5.74) is 0.899. The number of ether oxygens (including phenoxy) is 2. The number of carbonyl (C=O) groups excluding carboxylic acids is 2. The number of hydrogen-bond acceptors (Lipinski definition) is 4. The molecule has 0 aliphatic heterocycles. The van der Waals surface area contributed by atoms with Gasteiger partial charge < -0.3 is 9.47 Å². The van der Waals surface area contributed by atoms with Crippen molar-refractivity contribution in [1.82, 2.24) is 0 Å². The van der Waals surface area contributed by atoms with Gasteiger partial charge in [-0.3, -0.25) is 0 Å². The highest BCUT2D eigenvalue weighted by molar-refractivity contribution is 9.10. The first-order chi connectivity index (χ1) is 16.1. The quantitative estimate of drug-likeness (QED) is 0.150. The Balaban J connectivity index is 1.70. The Morgan fingerprint density at radius 1 is 0.515 bits per heavy atom. The van der Waals surface area contributed by atoms with E-state index in [1.54, 1.807) is 48.5 Å². The number of halogens is 1. The normalized spacial score (nSPS) is 10.8. The molecule has 5 aromatic carbocycles. The summed E-state index contributed by atoms with van der Waals surface area (Å²) in [4.78, 5) is 25.8. The maximum Gasteiger partial charge on any atom is 0.343 e. The predicted octanol–water partition coefficient (Wildman–Crippen LogP) is 7.19. The van der Waals surface area contributed by atoms with Crippen LogP contribution in [0.1, 0.15) is 20.7 Å². The van der Waals surface area contributed by atoms with Crippen LogP contribution in [0.4, 0.5) is 0 Å². The van der Waals surface area contributed by atoms with Gasteiger partial charge in [-0.25, -0.2) is 9.59 Å². The second kappa shape index (κ2) is 8.88. The van der Waals surface area contributed by atoms with Gasteiger partial charge in [-0.1, -0.05) is 76.6 Å². The minimum atomic E-state index is -0.462. The summed E-state index contributed by atoms with van der Waals surface area (Å²) < 4.78 is 12.7. The lowest BCUT2D eigenvalue weighted by atomic mass is 10.0. The van der Waals surface area contributed by atoms with E-state index in [1.165, 1.54) is 0 Å². The standard InChI is InChI=1S/C28H17BrO4/c29-20-15-16-23-24(17-20)26(33-28(31)19-11-5-2-6-12-19)22-14-8-7-13-21(22)25(23)32-27(30)18-9-3-1-4-10-18/h1-17H. The van der Waals surface area contributed by atoms with Crippen LogP contribution in [-0.2, 0) is 0 Å². The third-order valence-corrected chi connectivity index (χ3v) is 5.79. The molecule has 0 heterocycles. The number of rotatable bonds is 4. The minimum absolute atomic E-state index is 0.412. The number of benzene rings is 5. The van der Waals surface area contributed by atoms with Crippen LogP contribution in [0, 0.1) is 0 Å². The van der Waals surface area contributed by atoms with Crippen molar-refractivity contribution in [3.05, 3.63) is 119 Å². The number of hydrogen-bond donors (Lipinski definition) is 0. The van der Waals surface area contributed by atoms with Crippen LogP contribution in [0.2, 0.25) is 0 Å². The monoisotopic (exact) mass is 496 g/mol. The van der Waals surface area contributed by atoms with Crippen LogP contribution >= 0.6 is 15.9 Å². The molecule has 0 radical (unpaired) electrons. The van der Waals surface area contributed by atoms with Gasteiger partial charge >= 0.3 is 11.9 Å². The molecule has 0 aliphatic carbocycles. The molecule has 0 saturated heterocycles. The van der Waals surface area contributed by atoms with E-state index < -0.39 is 11.9 Å². The first-order valence-electron chi connectivity index (χ1n) is 10.3. The SMILES string of the molecule is O=C(Oc1c2ccccc2c(OC(=O)c2ccccc2)c2cc(Br)ccc12)c1ccccc1. The lowest BCUT2D eigenvalue weighted by Crippen LogP contribution is -2.11. The molecule has 160 valence electrons. The van der Waals surface area contributed by atoms with Gasteiger partial charge in [0.2, 0.25) is 0 Å². The van der Waals surface area contributed by atoms with Crippen molar-refractivity contribution in [2.24, 2.45) is 0 Å². The zero-order chi connectivity index (χ0) is 22.8. The summed E-state index contributed by atoms with van der Waals surface area (Å²) >= 11 is 3.51. The van der Waals surface area contributed by atoms with Crippen molar-refractivity contribution in [2.75, 3.05) is 0 Å². The fourth-order valence-corrected chi connectivity index (χ4v) is 4.10. The van der Waals surface area contributed by atoms with Gasteiger partial charge in [0.15, 0.2) is 0 Å². The molecule has 33 heavy (non-hydrogen) atoms. The van der Waals surface area contributed by atoms with E-state index in [0.29, 0.717) is 44.2 Å². The van der Waals surface area contributed by atoms with Crippen molar-refractivity contribution in [3.8, 4) is 11.5 Å². The van der Waals surface area contributed by atoms with E-state index in [-0.39, 0.29) is 0 Å². The molecule has 5 aromatic rings. The van der Waals surface area contributed by atoms with E-state index in [0.717, 1.165) is 4.47 Å². The van der Waals surface area contributed by atoms with Crippen LogP contribution in [0.25, 0.3) is 21.5 Å². The molecule has 0 fully saturated rings.